The van der Waals surface area contributed by atoms with Crippen LogP contribution in [0.3, 0.4) is 0 Å². The van der Waals surface area contributed by atoms with Gasteiger partial charge in [-0.2, -0.15) is 0 Å². The number of rotatable bonds is 0. The second-order valence-corrected chi connectivity index (χ2v) is 7.92. The first-order valence-corrected chi connectivity index (χ1v) is 7.21. The van der Waals surface area contributed by atoms with Crippen molar-refractivity contribution in [3.63, 3.8) is 0 Å². The molecule has 1 aliphatic carbocycles. The molecular formula is C17H28O. The van der Waals surface area contributed by atoms with Crippen molar-refractivity contribution in [3.05, 3.63) is 23.3 Å². The van der Waals surface area contributed by atoms with E-state index in [1.54, 1.807) is 0 Å². The SMILES string of the molecule is CC(C)(C)C1=CC2(C=C(C(C)(C)C)C1)CCCO2. The van der Waals surface area contributed by atoms with E-state index >= 15 is 0 Å². The Morgan fingerprint density at radius 1 is 0.944 bits per heavy atom. The van der Waals surface area contributed by atoms with Gasteiger partial charge in [0, 0.05) is 6.61 Å². The Balaban J connectivity index is 2.40. The summed E-state index contributed by atoms with van der Waals surface area (Å²) >= 11 is 0. The van der Waals surface area contributed by atoms with E-state index in [0.717, 1.165) is 19.4 Å². The minimum absolute atomic E-state index is 0.0938. The molecule has 1 nitrogen and oxygen atoms in total. The maximum Gasteiger partial charge on any atom is 0.105 e. The Morgan fingerprint density at radius 2 is 1.44 bits per heavy atom. The molecule has 0 aromatic heterocycles. The van der Waals surface area contributed by atoms with Gasteiger partial charge in [-0.3, -0.25) is 0 Å². The van der Waals surface area contributed by atoms with Crippen LogP contribution >= 0.6 is 0 Å². The third-order valence-electron chi connectivity index (χ3n) is 4.23. The van der Waals surface area contributed by atoms with E-state index in [1.165, 1.54) is 17.6 Å². The minimum atomic E-state index is -0.0938. The molecule has 2 rings (SSSR count). The average Bonchev–Trinajstić information content (AvgIpc) is 2.63. The lowest BCUT2D eigenvalue weighted by Crippen LogP contribution is -2.31. The molecule has 0 saturated carbocycles. The molecule has 1 heteroatoms. The van der Waals surface area contributed by atoms with Crippen LogP contribution in [0.1, 0.15) is 60.8 Å². The molecule has 0 aromatic rings. The Hall–Kier alpha value is -0.560. The Bertz CT molecular complexity index is 347. The smallest absolute Gasteiger partial charge is 0.105 e. The summed E-state index contributed by atoms with van der Waals surface area (Å²) in [6.07, 6.45) is 8.26. The predicted molar refractivity (Wildman–Crippen MR) is 77.6 cm³/mol. The maximum atomic E-state index is 6.08. The van der Waals surface area contributed by atoms with Crippen LogP contribution in [0.25, 0.3) is 0 Å². The van der Waals surface area contributed by atoms with Gasteiger partial charge in [-0.1, -0.05) is 52.7 Å². The van der Waals surface area contributed by atoms with Gasteiger partial charge in [-0.05, 0) is 42.2 Å². The van der Waals surface area contributed by atoms with Crippen molar-refractivity contribution in [1.29, 1.82) is 0 Å². The quantitative estimate of drug-likeness (QED) is 0.555. The highest BCUT2D eigenvalue weighted by Crippen LogP contribution is 2.45. The van der Waals surface area contributed by atoms with E-state index in [-0.39, 0.29) is 16.4 Å². The fraction of sp³-hybridized carbons (Fsp3) is 0.765. The molecule has 102 valence electrons. The second kappa shape index (κ2) is 4.23. The Labute approximate surface area is 112 Å². The minimum Gasteiger partial charge on any atom is -0.367 e. The first-order chi connectivity index (χ1) is 8.12. The van der Waals surface area contributed by atoms with E-state index in [1.807, 2.05) is 0 Å². The summed E-state index contributed by atoms with van der Waals surface area (Å²) in [4.78, 5) is 0. The van der Waals surface area contributed by atoms with Gasteiger partial charge >= 0.3 is 0 Å². The second-order valence-electron chi connectivity index (χ2n) is 7.92. The Kier molecular flexibility index (Phi) is 3.26. The lowest BCUT2D eigenvalue weighted by Gasteiger charge is -2.38. The van der Waals surface area contributed by atoms with Crippen molar-refractivity contribution in [2.45, 2.75) is 66.4 Å². The zero-order valence-electron chi connectivity index (χ0n) is 12.9. The highest BCUT2D eigenvalue weighted by atomic mass is 16.5. The van der Waals surface area contributed by atoms with Gasteiger partial charge in [0.15, 0.2) is 0 Å². The number of allylic oxidation sites excluding steroid dienone is 2. The third kappa shape index (κ3) is 2.71. The predicted octanol–water partition coefficient (Wildman–Crippen LogP) is 4.88. The van der Waals surface area contributed by atoms with E-state index in [0.29, 0.717) is 0 Å². The number of hydrogen-bond acceptors (Lipinski definition) is 1. The van der Waals surface area contributed by atoms with Crippen molar-refractivity contribution >= 4 is 0 Å². The standard InChI is InChI=1S/C17H28O/c1-15(2,3)13-10-14(16(4,5)6)12-17(11-13)8-7-9-18-17/h11-12H,7-10H2,1-6H3. The van der Waals surface area contributed by atoms with Crippen LogP contribution in [0.4, 0.5) is 0 Å². The van der Waals surface area contributed by atoms with E-state index in [2.05, 4.69) is 53.7 Å². The van der Waals surface area contributed by atoms with Crippen LogP contribution < -0.4 is 0 Å². The van der Waals surface area contributed by atoms with Gasteiger partial charge in [0.05, 0.1) is 0 Å². The topological polar surface area (TPSA) is 9.23 Å². The van der Waals surface area contributed by atoms with Gasteiger partial charge in [-0.15, -0.1) is 0 Å². The van der Waals surface area contributed by atoms with E-state index in [9.17, 15) is 0 Å². The van der Waals surface area contributed by atoms with Crippen LogP contribution in [0.15, 0.2) is 23.3 Å². The summed E-state index contributed by atoms with van der Waals surface area (Å²) in [6, 6.07) is 0. The molecular weight excluding hydrogens is 220 g/mol. The van der Waals surface area contributed by atoms with Crippen molar-refractivity contribution in [2.75, 3.05) is 6.61 Å². The Morgan fingerprint density at radius 3 is 1.78 bits per heavy atom. The zero-order chi connectivity index (χ0) is 13.6. The third-order valence-corrected chi connectivity index (χ3v) is 4.23. The van der Waals surface area contributed by atoms with Crippen molar-refractivity contribution < 1.29 is 4.74 Å². The molecule has 18 heavy (non-hydrogen) atoms. The lowest BCUT2D eigenvalue weighted by atomic mass is 9.70. The largest absolute Gasteiger partial charge is 0.367 e. The summed E-state index contributed by atoms with van der Waals surface area (Å²) in [5, 5.41) is 0. The molecule has 0 aromatic carbocycles. The first kappa shape index (κ1) is 13.9. The fourth-order valence-corrected chi connectivity index (χ4v) is 2.81. The highest BCUT2D eigenvalue weighted by Gasteiger charge is 2.38. The molecule has 1 fully saturated rings. The van der Waals surface area contributed by atoms with Gasteiger partial charge in [0.1, 0.15) is 5.60 Å². The molecule has 0 atom stereocenters. The van der Waals surface area contributed by atoms with Crippen molar-refractivity contribution in [2.24, 2.45) is 10.8 Å². The lowest BCUT2D eigenvalue weighted by molar-refractivity contribution is 0.0795. The van der Waals surface area contributed by atoms with Crippen LogP contribution in [0, 0.1) is 10.8 Å². The molecule has 1 heterocycles. The number of hydrogen-bond donors (Lipinski definition) is 0. The summed E-state index contributed by atoms with van der Waals surface area (Å²) in [5.74, 6) is 0. The maximum absolute atomic E-state index is 6.08. The fourth-order valence-electron chi connectivity index (χ4n) is 2.81. The van der Waals surface area contributed by atoms with E-state index < -0.39 is 0 Å². The summed E-state index contributed by atoms with van der Waals surface area (Å²) in [6.45, 7) is 14.8. The van der Waals surface area contributed by atoms with Gasteiger partial charge in [0.25, 0.3) is 0 Å². The summed E-state index contributed by atoms with van der Waals surface area (Å²) < 4.78 is 6.08. The summed E-state index contributed by atoms with van der Waals surface area (Å²) in [7, 11) is 0. The monoisotopic (exact) mass is 248 g/mol. The van der Waals surface area contributed by atoms with Crippen molar-refractivity contribution in [3.8, 4) is 0 Å². The van der Waals surface area contributed by atoms with Crippen molar-refractivity contribution in [1.82, 2.24) is 0 Å². The van der Waals surface area contributed by atoms with Gasteiger partial charge < -0.3 is 4.74 Å². The zero-order valence-corrected chi connectivity index (χ0v) is 12.9. The molecule has 0 unspecified atom stereocenters. The first-order valence-electron chi connectivity index (χ1n) is 7.21. The molecule has 1 spiro atoms. The molecule has 2 aliphatic rings. The molecule has 0 N–H and O–H groups in total. The molecule has 0 amide bonds. The van der Waals surface area contributed by atoms with Gasteiger partial charge in [0.2, 0.25) is 0 Å². The normalized spacial score (nSPS) is 24.1. The van der Waals surface area contributed by atoms with Crippen LogP contribution in [-0.4, -0.2) is 12.2 Å². The summed E-state index contributed by atoms with van der Waals surface area (Å²) in [5.41, 5.74) is 3.46. The molecule has 0 radical (unpaired) electrons. The van der Waals surface area contributed by atoms with Crippen LogP contribution in [0.2, 0.25) is 0 Å². The van der Waals surface area contributed by atoms with Crippen LogP contribution in [-0.2, 0) is 4.74 Å². The van der Waals surface area contributed by atoms with Crippen LogP contribution in [0.5, 0.6) is 0 Å². The average molecular weight is 248 g/mol. The molecule has 1 aliphatic heterocycles. The molecule has 1 saturated heterocycles. The van der Waals surface area contributed by atoms with E-state index in [4.69, 9.17) is 4.74 Å². The highest BCUT2D eigenvalue weighted by molar-refractivity contribution is 5.37. The molecule has 0 bridgehead atoms. The van der Waals surface area contributed by atoms with Gasteiger partial charge in [-0.25, -0.2) is 0 Å². The number of ether oxygens (including phenoxy) is 1.